The number of hydrogen-bond acceptors (Lipinski definition) is 7. The minimum Gasteiger partial charge on any atom is -0.489 e. The van der Waals surface area contributed by atoms with Crippen LogP contribution in [-0.2, 0) is 6.54 Å². The molecular weight excluding hydrogens is 406 g/mol. The van der Waals surface area contributed by atoms with Crippen LogP contribution < -0.4 is 19.7 Å². The molecule has 4 rings (SSSR count). The fraction of sp³-hybridized carbons (Fsp3) is 0.333. The normalized spacial score (nSPS) is 14.1. The van der Waals surface area contributed by atoms with Crippen molar-refractivity contribution in [3.8, 4) is 11.6 Å². The minimum absolute atomic E-state index is 0.135. The molecule has 8 nitrogen and oxygen atoms in total. The van der Waals surface area contributed by atoms with Gasteiger partial charge in [-0.1, -0.05) is 0 Å². The lowest BCUT2D eigenvalue weighted by atomic mass is 10.1. The number of nitrogens with zero attached hydrogens (tertiary/aromatic N) is 4. The Morgan fingerprint density at radius 1 is 1.12 bits per heavy atom. The van der Waals surface area contributed by atoms with Gasteiger partial charge in [-0.2, -0.15) is 0 Å². The van der Waals surface area contributed by atoms with E-state index in [1.54, 1.807) is 38.0 Å². The Kier molecular flexibility index (Phi) is 6.79. The van der Waals surface area contributed by atoms with Crippen molar-refractivity contribution < 1.29 is 14.3 Å². The van der Waals surface area contributed by atoms with E-state index in [1.165, 1.54) is 0 Å². The molecule has 1 aliphatic heterocycles. The molecule has 0 spiro atoms. The van der Waals surface area contributed by atoms with E-state index in [0.717, 1.165) is 48.6 Å². The number of aromatic nitrogens is 3. The van der Waals surface area contributed by atoms with Crippen molar-refractivity contribution in [1.29, 1.82) is 0 Å². The molecule has 1 saturated heterocycles. The topological polar surface area (TPSA) is 89.5 Å². The summed E-state index contributed by atoms with van der Waals surface area (Å²) in [5.74, 6) is 2.10. The molecule has 3 aromatic heterocycles. The van der Waals surface area contributed by atoms with Crippen LogP contribution in [0.5, 0.6) is 11.6 Å². The van der Waals surface area contributed by atoms with Gasteiger partial charge in [-0.3, -0.25) is 9.78 Å². The summed E-state index contributed by atoms with van der Waals surface area (Å²) in [4.78, 5) is 27.5. The maximum absolute atomic E-state index is 12.5. The van der Waals surface area contributed by atoms with Crippen molar-refractivity contribution in [1.82, 2.24) is 20.3 Å². The van der Waals surface area contributed by atoms with E-state index in [4.69, 9.17) is 9.47 Å². The minimum atomic E-state index is -0.135. The highest BCUT2D eigenvalue weighted by molar-refractivity contribution is 5.94. The quantitative estimate of drug-likeness (QED) is 0.612. The Morgan fingerprint density at radius 2 is 1.91 bits per heavy atom. The summed E-state index contributed by atoms with van der Waals surface area (Å²) >= 11 is 0. The molecule has 3 aromatic rings. The lowest BCUT2D eigenvalue weighted by molar-refractivity contribution is 0.0950. The summed E-state index contributed by atoms with van der Waals surface area (Å²) in [5.41, 5.74) is 2.55. The smallest absolute Gasteiger partial charge is 0.253 e. The highest BCUT2D eigenvalue weighted by Gasteiger charge is 2.23. The largest absolute Gasteiger partial charge is 0.489 e. The van der Waals surface area contributed by atoms with Crippen LogP contribution >= 0.6 is 0 Å². The average Bonchev–Trinajstić information content (AvgIpc) is 2.84. The summed E-state index contributed by atoms with van der Waals surface area (Å²) in [7, 11) is 1.59. The molecule has 8 heteroatoms. The predicted molar refractivity (Wildman–Crippen MR) is 121 cm³/mol. The molecule has 0 aliphatic carbocycles. The Bertz CT molecular complexity index is 1040. The van der Waals surface area contributed by atoms with Gasteiger partial charge < -0.3 is 19.7 Å². The van der Waals surface area contributed by atoms with Crippen molar-refractivity contribution in [3.05, 3.63) is 71.8 Å². The van der Waals surface area contributed by atoms with Crippen LogP contribution in [0.3, 0.4) is 0 Å². The highest BCUT2D eigenvalue weighted by atomic mass is 16.5. The zero-order chi connectivity index (χ0) is 22.3. The second kappa shape index (κ2) is 10.1. The highest BCUT2D eigenvalue weighted by Crippen LogP contribution is 2.25. The summed E-state index contributed by atoms with van der Waals surface area (Å²) < 4.78 is 11.1. The molecule has 0 bridgehead atoms. The molecule has 166 valence electrons. The number of aryl methyl sites for hydroxylation is 1. The van der Waals surface area contributed by atoms with E-state index >= 15 is 0 Å². The van der Waals surface area contributed by atoms with Crippen LogP contribution in [0, 0.1) is 6.92 Å². The number of ether oxygens (including phenoxy) is 2. The molecule has 0 atom stereocenters. The SMILES string of the molecule is COc1ccc(OC2CCN(c3ncc(C(=O)NCc4ccncc4)cc3C)CC2)cn1. The fourth-order valence-electron chi connectivity index (χ4n) is 3.74. The summed E-state index contributed by atoms with van der Waals surface area (Å²) in [6.45, 7) is 4.14. The van der Waals surface area contributed by atoms with Crippen molar-refractivity contribution in [3.63, 3.8) is 0 Å². The van der Waals surface area contributed by atoms with Crippen LogP contribution in [-0.4, -0.2) is 47.2 Å². The second-order valence-corrected chi connectivity index (χ2v) is 7.74. The van der Waals surface area contributed by atoms with Crippen LogP contribution in [0.1, 0.15) is 34.3 Å². The molecular formula is C24H27N5O3. The monoisotopic (exact) mass is 433 g/mol. The number of carbonyl (C=O) groups is 1. The first kappa shape index (κ1) is 21.5. The molecule has 1 aliphatic rings. The van der Waals surface area contributed by atoms with Gasteiger partial charge in [-0.05, 0) is 42.3 Å². The fourth-order valence-corrected chi connectivity index (χ4v) is 3.74. The van der Waals surface area contributed by atoms with E-state index in [0.29, 0.717) is 18.0 Å². The van der Waals surface area contributed by atoms with E-state index in [9.17, 15) is 4.79 Å². The maximum atomic E-state index is 12.5. The van der Waals surface area contributed by atoms with E-state index in [-0.39, 0.29) is 12.0 Å². The Morgan fingerprint density at radius 3 is 2.56 bits per heavy atom. The number of methoxy groups -OCH3 is 1. The van der Waals surface area contributed by atoms with Crippen LogP contribution in [0.2, 0.25) is 0 Å². The zero-order valence-corrected chi connectivity index (χ0v) is 18.3. The number of nitrogens with one attached hydrogen (secondary N) is 1. The third-order valence-electron chi connectivity index (χ3n) is 5.48. The van der Waals surface area contributed by atoms with Crippen molar-refractivity contribution in [2.75, 3.05) is 25.1 Å². The predicted octanol–water partition coefficient (Wildman–Crippen LogP) is 3.17. The molecule has 32 heavy (non-hydrogen) atoms. The lowest BCUT2D eigenvalue weighted by Gasteiger charge is -2.33. The number of piperidine rings is 1. The van der Waals surface area contributed by atoms with Crippen molar-refractivity contribution >= 4 is 11.7 Å². The Labute approximate surface area is 187 Å². The van der Waals surface area contributed by atoms with Gasteiger partial charge >= 0.3 is 0 Å². The van der Waals surface area contributed by atoms with Crippen LogP contribution in [0.15, 0.2) is 55.1 Å². The number of rotatable bonds is 7. The Balaban J connectivity index is 1.31. The first-order valence-corrected chi connectivity index (χ1v) is 10.7. The van der Waals surface area contributed by atoms with Crippen LogP contribution in [0.4, 0.5) is 5.82 Å². The molecule has 0 radical (unpaired) electrons. The first-order valence-electron chi connectivity index (χ1n) is 10.7. The zero-order valence-electron chi connectivity index (χ0n) is 18.3. The first-order chi connectivity index (χ1) is 15.6. The van der Waals surface area contributed by atoms with Crippen LogP contribution in [0.25, 0.3) is 0 Å². The number of carbonyl (C=O) groups excluding carboxylic acids is 1. The standard InChI is InChI=1S/C24H27N5O3/c1-17-13-19(24(30)28-14-18-5-9-25-10-6-18)15-27-23(17)29-11-7-20(8-12-29)32-21-3-4-22(31-2)26-16-21/h3-6,9-10,13,15-16,20H,7-8,11-12,14H2,1-2H3,(H,28,30). The maximum Gasteiger partial charge on any atom is 0.253 e. The summed E-state index contributed by atoms with van der Waals surface area (Å²) in [6.07, 6.45) is 8.68. The second-order valence-electron chi connectivity index (χ2n) is 7.74. The van der Waals surface area contributed by atoms with Crippen molar-refractivity contribution in [2.45, 2.75) is 32.4 Å². The molecule has 1 N–H and O–H groups in total. The van der Waals surface area contributed by atoms with Gasteiger partial charge in [0.15, 0.2) is 0 Å². The van der Waals surface area contributed by atoms with Gasteiger partial charge in [0.1, 0.15) is 17.7 Å². The van der Waals surface area contributed by atoms with Gasteiger partial charge in [-0.25, -0.2) is 9.97 Å². The van der Waals surface area contributed by atoms with Gasteiger partial charge in [0.05, 0.1) is 18.9 Å². The van der Waals surface area contributed by atoms with Crippen molar-refractivity contribution in [2.24, 2.45) is 0 Å². The van der Waals surface area contributed by atoms with Gasteiger partial charge in [-0.15, -0.1) is 0 Å². The van der Waals surface area contributed by atoms with E-state index < -0.39 is 0 Å². The van der Waals surface area contributed by atoms with Gasteiger partial charge in [0, 0.05) is 57.1 Å². The molecule has 1 amide bonds. The van der Waals surface area contributed by atoms with E-state index in [2.05, 4.69) is 25.2 Å². The number of hydrogen-bond donors (Lipinski definition) is 1. The summed E-state index contributed by atoms with van der Waals surface area (Å²) in [6, 6.07) is 9.33. The lowest BCUT2D eigenvalue weighted by Crippen LogP contribution is -2.39. The number of pyridine rings is 3. The molecule has 0 saturated carbocycles. The molecule has 4 heterocycles. The molecule has 1 fully saturated rings. The average molecular weight is 434 g/mol. The van der Waals surface area contributed by atoms with E-state index in [1.807, 2.05) is 31.2 Å². The number of amides is 1. The molecule has 0 unspecified atom stereocenters. The third-order valence-corrected chi connectivity index (χ3v) is 5.48. The number of anilines is 1. The third kappa shape index (κ3) is 5.32. The summed E-state index contributed by atoms with van der Waals surface area (Å²) in [5, 5.41) is 2.93. The molecule has 0 aromatic carbocycles. The van der Waals surface area contributed by atoms with Gasteiger partial charge in [0.2, 0.25) is 5.88 Å². The Hall–Kier alpha value is -3.68. The van der Waals surface area contributed by atoms with Gasteiger partial charge in [0.25, 0.3) is 5.91 Å².